The molecule has 6 atom stereocenters. The van der Waals surface area contributed by atoms with Gasteiger partial charge in [-0.15, -0.1) is 0 Å². The molecule has 0 aromatic carbocycles. The molecule has 25 heavy (non-hydrogen) atoms. The van der Waals surface area contributed by atoms with Gasteiger partial charge in [0.1, 0.15) is 12.2 Å². The first-order chi connectivity index (χ1) is 11.0. The van der Waals surface area contributed by atoms with E-state index in [1.807, 2.05) is 0 Å². The molecule has 0 aromatic heterocycles. The second-order valence-electron chi connectivity index (χ2n) is 4.81. The third-order valence-electron chi connectivity index (χ3n) is 2.76. The Morgan fingerprint density at radius 2 is 0.840 bits per heavy atom. The zero-order valence-electron chi connectivity index (χ0n) is 13.3. The van der Waals surface area contributed by atoms with Crippen LogP contribution in [0.15, 0.2) is 0 Å². The van der Waals surface area contributed by atoms with Crippen LogP contribution < -0.4 is 0 Å². The van der Waals surface area contributed by atoms with E-state index >= 15 is 0 Å². The molecule has 0 saturated carbocycles. The first kappa shape index (κ1) is 29.6. The summed E-state index contributed by atoms with van der Waals surface area (Å²) >= 11 is 0. The second-order valence-corrected chi connectivity index (χ2v) is 4.81. The average Bonchev–Trinajstić information content (AvgIpc) is 2.53. The molecule has 13 heteroatoms. The van der Waals surface area contributed by atoms with E-state index in [0.29, 0.717) is 0 Å². The quantitative estimate of drug-likeness (QED) is 0.155. The maximum atomic E-state index is 10.0. The second kappa shape index (κ2) is 16.1. The zero-order valence-corrected chi connectivity index (χ0v) is 15.5. The number of carbonyl (C=O) groups is 2. The predicted octanol–water partition coefficient (Wildman–Crippen LogP) is -5.31. The molecule has 0 saturated heterocycles. The van der Waals surface area contributed by atoms with Gasteiger partial charge in [-0.1, -0.05) is 0 Å². The van der Waals surface area contributed by atoms with E-state index in [1.54, 1.807) is 0 Å². The fourth-order valence-electron chi connectivity index (χ4n) is 1.22. The van der Waals surface area contributed by atoms with Crippen molar-refractivity contribution in [2.75, 3.05) is 13.2 Å². The Morgan fingerprint density at radius 1 is 0.600 bits per heavy atom. The molecule has 0 amide bonds. The Hall–Kier alpha value is -0.120. The number of carboxylic acids is 2. The molecule has 0 heterocycles. The van der Waals surface area contributed by atoms with Gasteiger partial charge < -0.3 is 51.1 Å². The summed E-state index contributed by atoms with van der Waals surface area (Å²) in [5.74, 6) is -2.95. The predicted molar refractivity (Wildman–Crippen MR) is 80.5 cm³/mol. The molecule has 146 valence electrons. The Bertz CT molecular complexity index is 334. The van der Waals surface area contributed by atoms with E-state index < -0.39 is 74.6 Å². The molecule has 2 radical (unpaired) electrons. The Balaban J connectivity index is -0.000000372. The fraction of sp³-hybridized carbons (Fsp3) is 0.833. The Morgan fingerprint density at radius 3 is 1.00 bits per heavy atom. The molecule has 0 aliphatic rings. The first-order valence-electron chi connectivity index (χ1n) is 6.73. The van der Waals surface area contributed by atoms with Crippen molar-refractivity contribution in [3.05, 3.63) is 0 Å². The van der Waals surface area contributed by atoms with Crippen LogP contribution in [0.2, 0.25) is 0 Å². The van der Waals surface area contributed by atoms with E-state index in [0.717, 1.165) is 0 Å². The van der Waals surface area contributed by atoms with Crippen molar-refractivity contribution in [3.8, 4) is 0 Å². The molecule has 0 rings (SSSR count). The van der Waals surface area contributed by atoms with Gasteiger partial charge in [0.25, 0.3) is 0 Å². The van der Waals surface area contributed by atoms with Crippen LogP contribution in [-0.2, 0) is 9.59 Å². The SMILES string of the molecule is O=C(O)[C@@H](O)C[C@H](O)[C@H](O)CO.O=C(O)[C@@H](O)C[C@H](O)[C@H](O)CO.[Ca]. The van der Waals surface area contributed by atoms with Crippen molar-refractivity contribution in [1.29, 1.82) is 0 Å². The number of hydrogen-bond donors (Lipinski definition) is 10. The first-order valence-corrected chi connectivity index (χ1v) is 6.73. The largest absolute Gasteiger partial charge is 0.479 e. The van der Waals surface area contributed by atoms with Crippen LogP contribution in [0.25, 0.3) is 0 Å². The summed E-state index contributed by atoms with van der Waals surface area (Å²) in [5.41, 5.74) is 0. The van der Waals surface area contributed by atoms with Gasteiger partial charge in [-0.2, -0.15) is 0 Å². The van der Waals surface area contributed by atoms with Gasteiger partial charge in [-0.3, -0.25) is 0 Å². The van der Waals surface area contributed by atoms with Gasteiger partial charge in [0.05, 0.1) is 25.4 Å². The van der Waals surface area contributed by atoms with Gasteiger partial charge in [0.2, 0.25) is 0 Å². The molecule has 0 fully saturated rings. The summed E-state index contributed by atoms with van der Waals surface area (Å²) in [7, 11) is 0. The standard InChI is InChI=1S/2C6H12O6.Ca/c2*7-2-5(10)3(8)1-4(9)6(11)12;/h2*3-5,7-10H,1-2H2,(H,11,12);/t2*3-,4-,5+;/m00./s1. The van der Waals surface area contributed by atoms with Crippen LogP contribution in [0.4, 0.5) is 0 Å². The van der Waals surface area contributed by atoms with Crippen LogP contribution in [0, 0.1) is 0 Å². The van der Waals surface area contributed by atoms with E-state index in [9.17, 15) is 9.59 Å². The number of hydrogen-bond acceptors (Lipinski definition) is 10. The summed E-state index contributed by atoms with van der Waals surface area (Å²) in [6.07, 6.45) is -10.1. The molecule has 10 N–H and O–H groups in total. The molecule has 0 unspecified atom stereocenters. The summed E-state index contributed by atoms with van der Waals surface area (Å²) in [5, 5.41) is 85.7. The van der Waals surface area contributed by atoms with E-state index in [-0.39, 0.29) is 37.7 Å². The van der Waals surface area contributed by atoms with Crippen LogP contribution in [0.3, 0.4) is 0 Å². The van der Waals surface area contributed by atoms with E-state index in [4.69, 9.17) is 51.1 Å². The molecule has 0 aliphatic carbocycles. The number of carboxylic acid groups (broad SMARTS) is 2. The number of aliphatic hydroxyl groups excluding tert-OH is 8. The van der Waals surface area contributed by atoms with Crippen molar-refractivity contribution in [2.24, 2.45) is 0 Å². The van der Waals surface area contributed by atoms with Gasteiger partial charge in [-0.05, 0) is 0 Å². The van der Waals surface area contributed by atoms with E-state index in [1.165, 1.54) is 0 Å². The maximum absolute atomic E-state index is 10.0. The van der Waals surface area contributed by atoms with Crippen molar-refractivity contribution < 1.29 is 60.7 Å². The number of rotatable bonds is 10. The Kier molecular flexibility index (Phi) is 19.1. The molecule has 12 nitrogen and oxygen atoms in total. The summed E-state index contributed by atoms with van der Waals surface area (Å²) in [6, 6.07) is 0. The van der Waals surface area contributed by atoms with Gasteiger partial charge >= 0.3 is 11.9 Å². The van der Waals surface area contributed by atoms with Crippen molar-refractivity contribution in [1.82, 2.24) is 0 Å². The van der Waals surface area contributed by atoms with Gasteiger partial charge in [0, 0.05) is 50.6 Å². The van der Waals surface area contributed by atoms with Gasteiger partial charge in [0.15, 0.2) is 12.2 Å². The molecule has 0 spiro atoms. The number of aliphatic hydroxyl groups is 8. The minimum Gasteiger partial charge on any atom is -0.479 e. The summed E-state index contributed by atoms with van der Waals surface area (Å²) in [6.45, 7) is -1.35. The van der Waals surface area contributed by atoms with Crippen LogP contribution in [0.5, 0.6) is 0 Å². The molecule has 0 aliphatic heterocycles. The minimum absolute atomic E-state index is 0. The zero-order chi connectivity index (χ0) is 19.4. The average molecular weight is 400 g/mol. The third-order valence-corrected chi connectivity index (χ3v) is 2.76. The van der Waals surface area contributed by atoms with Crippen molar-refractivity contribution in [2.45, 2.75) is 49.5 Å². The normalized spacial score (nSPS) is 17.6. The molecule has 0 aromatic rings. The summed E-state index contributed by atoms with van der Waals surface area (Å²) in [4.78, 5) is 20.1. The van der Waals surface area contributed by atoms with E-state index in [2.05, 4.69) is 0 Å². The van der Waals surface area contributed by atoms with Crippen molar-refractivity contribution in [3.63, 3.8) is 0 Å². The van der Waals surface area contributed by atoms with Crippen LogP contribution in [-0.4, -0.2) is 151 Å². The monoisotopic (exact) mass is 400 g/mol. The smallest absolute Gasteiger partial charge is 0.332 e. The molecular weight excluding hydrogens is 376 g/mol. The Labute approximate surface area is 172 Å². The fourth-order valence-corrected chi connectivity index (χ4v) is 1.22. The van der Waals surface area contributed by atoms with Crippen molar-refractivity contribution >= 4 is 49.7 Å². The third kappa shape index (κ3) is 14.7. The maximum Gasteiger partial charge on any atom is 0.332 e. The molecule has 0 bridgehead atoms. The number of aliphatic carboxylic acids is 2. The van der Waals surface area contributed by atoms with Crippen LogP contribution >= 0.6 is 0 Å². The van der Waals surface area contributed by atoms with Crippen LogP contribution in [0.1, 0.15) is 12.8 Å². The van der Waals surface area contributed by atoms with Gasteiger partial charge in [-0.25, -0.2) is 9.59 Å². The minimum atomic E-state index is -1.72. The summed E-state index contributed by atoms with van der Waals surface area (Å²) < 4.78 is 0. The topological polar surface area (TPSA) is 236 Å². The molecular formula is C12H24CaO12.